The molecule has 0 saturated heterocycles. The van der Waals surface area contributed by atoms with Crippen LogP contribution >= 0.6 is 11.3 Å². The Morgan fingerprint density at radius 3 is 2.75 bits per heavy atom. The van der Waals surface area contributed by atoms with Gasteiger partial charge in [-0.25, -0.2) is 4.98 Å². The minimum atomic E-state index is 0.174. The summed E-state index contributed by atoms with van der Waals surface area (Å²) in [6.45, 7) is 0.564. The highest BCUT2D eigenvalue weighted by molar-refractivity contribution is 7.14. The molecule has 0 fully saturated rings. The van der Waals surface area contributed by atoms with Crippen LogP contribution in [0.4, 0.5) is 5.82 Å². The first-order chi connectivity index (χ1) is 11.7. The number of nitrogens with one attached hydrogen (secondary N) is 1. The van der Waals surface area contributed by atoms with Crippen molar-refractivity contribution < 1.29 is 0 Å². The van der Waals surface area contributed by atoms with Crippen molar-refractivity contribution in [1.82, 2.24) is 9.55 Å². The average molecular weight is 337 g/mol. The summed E-state index contributed by atoms with van der Waals surface area (Å²) in [7, 11) is 0. The van der Waals surface area contributed by atoms with Gasteiger partial charge in [-0.3, -0.25) is 9.98 Å². The summed E-state index contributed by atoms with van der Waals surface area (Å²) in [5.74, 6) is 0.203. The van der Waals surface area contributed by atoms with E-state index in [2.05, 4.69) is 23.2 Å². The van der Waals surface area contributed by atoms with Crippen molar-refractivity contribution in [3.05, 3.63) is 59.5 Å². The van der Waals surface area contributed by atoms with Crippen LogP contribution in [0.15, 0.2) is 54.1 Å². The highest BCUT2D eigenvalue weighted by atomic mass is 32.1. The molecule has 122 valence electrons. The van der Waals surface area contributed by atoms with Crippen molar-refractivity contribution in [1.29, 1.82) is 5.41 Å². The fourth-order valence-electron chi connectivity index (χ4n) is 2.45. The van der Waals surface area contributed by atoms with Crippen molar-refractivity contribution in [3.63, 3.8) is 0 Å². The van der Waals surface area contributed by atoms with Gasteiger partial charge in [-0.2, -0.15) is 0 Å². The zero-order valence-corrected chi connectivity index (χ0v) is 14.0. The van der Waals surface area contributed by atoms with Crippen LogP contribution in [0.25, 0.3) is 27.9 Å². The predicted octanol–water partition coefficient (Wildman–Crippen LogP) is 3.16. The molecule has 0 bridgehead atoms. The van der Waals surface area contributed by atoms with Crippen LogP contribution in [0, 0.1) is 5.41 Å². The Hall–Kier alpha value is -2.70. The number of hydrogen-bond acceptors (Lipinski definition) is 5. The molecule has 0 spiro atoms. The van der Waals surface area contributed by atoms with E-state index < -0.39 is 0 Å². The Kier molecular flexibility index (Phi) is 4.88. The van der Waals surface area contributed by atoms with Crippen LogP contribution in [0.1, 0.15) is 6.42 Å². The molecular weight excluding hydrogens is 318 g/mol. The molecule has 5 nitrogen and oxygen atoms in total. The summed E-state index contributed by atoms with van der Waals surface area (Å²) in [5, 5.41) is 10.3. The van der Waals surface area contributed by atoms with Crippen LogP contribution in [0.5, 0.6) is 0 Å². The first kappa shape index (κ1) is 16.2. The predicted molar refractivity (Wildman–Crippen MR) is 100 cm³/mol. The molecule has 6 heteroatoms. The summed E-state index contributed by atoms with van der Waals surface area (Å²) in [6, 6.07) is 12.3. The lowest BCUT2D eigenvalue weighted by atomic mass is 10.1. The van der Waals surface area contributed by atoms with Gasteiger partial charge in [0.25, 0.3) is 0 Å². The van der Waals surface area contributed by atoms with Crippen LogP contribution in [0.3, 0.4) is 0 Å². The van der Waals surface area contributed by atoms with Gasteiger partial charge in [0, 0.05) is 11.8 Å². The zero-order valence-electron chi connectivity index (χ0n) is 13.1. The molecule has 3 aromatic rings. The summed E-state index contributed by atoms with van der Waals surface area (Å²) < 4.78 is 1.76. The van der Waals surface area contributed by atoms with Crippen LogP contribution in [-0.4, -0.2) is 16.1 Å². The van der Waals surface area contributed by atoms with Gasteiger partial charge >= 0.3 is 0 Å². The topological polar surface area (TPSA) is 93.7 Å². The second-order valence-electron chi connectivity index (χ2n) is 5.24. The Morgan fingerprint density at radius 1 is 1.21 bits per heavy atom. The number of anilines is 1. The monoisotopic (exact) mass is 337 g/mol. The number of nitrogens with two attached hydrogens (primary N) is 2. The third-order valence-electron chi connectivity index (χ3n) is 3.64. The fourth-order valence-corrected chi connectivity index (χ4v) is 3.37. The Labute approximate surface area is 144 Å². The molecule has 0 aliphatic rings. The van der Waals surface area contributed by atoms with Crippen LogP contribution in [-0.2, 0) is 0 Å². The van der Waals surface area contributed by atoms with E-state index >= 15 is 0 Å². The lowest BCUT2D eigenvalue weighted by Gasteiger charge is -2.11. The molecule has 0 atom stereocenters. The Balaban J connectivity index is 2.16. The minimum absolute atomic E-state index is 0.174. The first-order valence-corrected chi connectivity index (χ1v) is 8.52. The van der Waals surface area contributed by atoms with Crippen molar-refractivity contribution >= 4 is 23.4 Å². The van der Waals surface area contributed by atoms with Crippen molar-refractivity contribution in [2.75, 3.05) is 12.3 Å². The van der Waals surface area contributed by atoms with Gasteiger partial charge in [0.05, 0.1) is 16.8 Å². The van der Waals surface area contributed by atoms with E-state index in [1.54, 1.807) is 22.1 Å². The number of nitrogens with zero attached hydrogens (tertiary/aromatic N) is 2. The first-order valence-electron chi connectivity index (χ1n) is 7.64. The van der Waals surface area contributed by atoms with E-state index in [1.807, 2.05) is 35.9 Å². The third kappa shape index (κ3) is 3.15. The van der Waals surface area contributed by atoms with Gasteiger partial charge in [-0.15, -0.1) is 11.3 Å². The molecule has 3 rings (SSSR count). The lowest BCUT2D eigenvalue weighted by molar-refractivity contribution is 0.946. The second-order valence-corrected chi connectivity index (χ2v) is 6.15. The quantitative estimate of drug-likeness (QED) is 0.667. The average Bonchev–Trinajstić information content (AvgIpc) is 3.09. The van der Waals surface area contributed by atoms with E-state index in [0.717, 1.165) is 28.1 Å². The molecule has 0 saturated carbocycles. The van der Waals surface area contributed by atoms with Gasteiger partial charge in [0.2, 0.25) is 0 Å². The van der Waals surface area contributed by atoms with Crippen LogP contribution in [0.2, 0.25) is 0 Å². The van der Waals surface area contributed by atoms with Crippen molar-refractivity contribution in [2.45, 2.75) is 6.42 Å². The smallest absolute Gasteiger partial charge is 0.172 e. The summed E-state index contributed by atoms with van der Waals surface area (Å²) in [6.07, 6.45) is 6.25. The molecule has 0 unspecified atom stereocenters. The highest BCUT2D eigenvalue weighted by Crippen LogP contribution is 2.36. The van der Waals surface area contributed by atoms with E-state index in [-0.39, 0.29) is 11.3 Å². The Morgan fingerprint density at radius 2 is 2.00 bits per heavy atom. The summed E-state index contributed by atoms with van der Waals surface area (Å²) >= 11 is 1.62. The van der Waals surface area contributed by atoms with Gasteiger partial charge in [-0.1, -0.05) is 36.4 Å². The van der Waals surface area contributed by atoms with Gasteiger partial charge in [0.15, 0.2) is 11.3 Å². The highest BCUT2D eigenvalue weighted by Gasteiger charge is 2.13. The number of hydrogen-bond donors (Lipinski definition) is 3. The van der Waals surface area contributed by atoms with E-state index in [4.69, 9.17) is 16.9 Å². The Bertz CT molecular complexity index is 909. The molecule has 0 amide bonds. The van der Waals surface area contributed by atoms with Crippen LogP contribution < -0.4 is 17.0 Å². The fraction of sp³-hybridized carbons (Fsp3) is 0.111. The maximum absolute atomic E-state index is 8.25. The van der Waals surface area contributed by atoms with E-state index in [0.29, 0.717) is 6.54 Å². The normalized spacial score (nSPS) is 11.2. The molecule has 2 heterocycles. The SMILES string of the molecule is N=c1c(N)ncc(-c2sccc2-c2ccccc2)n1/C=C/CCN. The van der Waals surface area contributed by atoms with Crippen molar-refractivity contribution in [3.8, 4) is 21.7 Å². The van der Waals surface area contributed by atoms with Crippen molar-refractivity contribution in [2.24, 2.45) is 5.73 Å². The minimum Gasteiger partial charge on any atom is -0.381 e. The lowest BCUT2D eigenvalue weighted by Crippen LogP contribution is -2.22. The maximum atomic E-state index is 8.25. The number of aromatic nitrogens is 2. The number of thiophene rings is 1. The summed E-state index contributed by atoms with van der Waals surface area (Å²) in [5.41, 5.74) is 14.6. The molecule has 0 aliphatic heterocycles. The second kappa shape index (κ2) is 7.25. The standard InChI is InChI=1S/C18H19N5S/c19-9-4-5-10-23-15(12-22-17(20)18(23)21)16-14(8-11-24-16)13-6-2-1-3-7-13/h1-3,5-8,10-12,21H,4,9,19H2,(H2,20,22)/b10-5+,21-18?. The van der Waals surface area contributed by atoms with E-state index in [1.165, 1.54) is 0 Å². The zero-order chi connectivity index (χ0) is 16.9. The molecule has 5 N–H and O–H groups in total. The molecule has 1 aromatic carbocycles. The molecule has 2 aromatic heterocycles. The summed E-state index contributed by atoms with van der Waals surface area (Å²) in [4.78, 5) is 5.23. The maximum Gasteiger partial charge on any atom is 0.172 e. The van der Waals surface area contributed by atoms with E-state index in [9.17, 15) is 0 Å². The number of benzene rings is 1. The molecule has 0 radical (unpaired) electrons. The van der Waals surface area contributed by atoms with Gasteiger partial charge in [0.1, 0.15) is 0 Å². The van der Waals surface area contributed by atoms with Gasteiger partial charge in [-0.05, 0) is 30.0 Å². The molecule has 24 heavy (non-hydrogen) atoms. The number of rotatable bonds is 5. The molecule has 0 aliphatic carbocycles. The molecular formula is C18H19N5S. The third-order valence-corrected chi connectivity index (χ3v) is 4.58. The van der Waals surface area contributed by atoms with Gasteiger partial charge < -0.3 is 11.5 Å². The largest absolute Gasteiger partial charge is 0.381 e. The number of nitrogen functional groups attached to an aromatic ring is 1.